The Labute approximate surface area is 102 Å². The van der Waals surface area contributed by atoms with Gasteiger partial charge in [-0.3, -0.25) is 4.90 Å². The number of benzene rings is 1. The third kappa shape index (κ3) is 1.77. The SMILES string of the molecule is COc1cc2c(cc1N)C1CNCCN1CC2. The maximum Gasteiger partial charge on any atom is 0.142 e. The summed E-state index contributed by atoms with van der Waals surface area (Å²) < 4.78 is 5.29. The molecular weight excluding hydrogens is 214 g/mol. The van der Waals surface area contributed by atoms with Gasteiger partial charge in [-0.1, -0.05) is 0 Å². The van der Waals surface area contributed by atoms with Gasteiger partial charge >= 0.3 is 0 Å². The molecule has 3 N–H and O–H groups in total. The summed E-state index contributed by atoms with van der Waals surface area (Å²) in [5, 5.41) is 3.46. The number of nitrogen functional groups attached to an aromatic ring is 1. The van der Waals surface area contributed by atoms with Crippen LogP contribution >= 0.6 is 0 Å². The molecule has 1 saturated heterocycles. The third-order valence-corrected chi connectivity index (χ3v) is 3.87. The zero-order valence-corrected chi connectivity index (χ0v) is 10.2. The van der Waals surface area contributed by atoms with Crippen molar-refractivity contribution in [3.05, 3.63) is 23.3 Å². The second-order valence-corrected chi connectivity index (χ2v) is 4.80. The van der Waals surface area contributed by atoms with Gasteiger partial charge in [-0.05, 0) is 29.7 Å². The molecule has 92 valence electrons. The third-order valence-electron chi connectivity index (χ3n) is 3.87. The molecule has 0 aromatic heterocycles. The van der Waals surface area contributed by atoms with Crippen molar-refractivity contribution in [2.45, 2.75) is 12.5 Å². The molecular formula is C13H19N3O. The first-order chi connectivity index (χ1) is 8.29. The van der Waals surface area contributed by atoms with Crippen molar-refractivity contribution in [3.63, 3.8) is 0 Å². The van der Waals surface area contributed by atoms with E-state index in [9.17, 15) is 0 Å². The molecule has 0 aliphatic carbocycles. The van der Waals surface area contributed by atoms with Crippen LogP contribution in [0, 0.1) is 0 Å². The van der Waals surface area contributed by atoms with Gasteiger partial charge in [0.1, 0.15) is 5.75 Å². The fraction of sp³-hybridized carbons (Fsp3) is 0.538. The summed E-state index contributed by atoms with van der Waals surface area (Å²) in [5.74, 6) is 0.806. The van der Waals surface area contributed by atoms with E-state index < -0.39 is 0 Å². The van der Waals surface area contributed by atoms with Crippen molar-refractivity contribution >= 4 is 5.69 Å². The van der Waals surface area contributed by atoms with Crippen LogP contribution in [-0.2, 0) is 6.42 Å². The smallest absolute Gasteiger partial charge is 0.142 e. The minimum absolute atomic E-state index is 0.487. The molecule has 2 aliphatic heterocycles. The van der Waals surface area contributed by atoms with Gasteiger partial charge in [0.25, 0.3) is 0 Å². The predicted octanol–water partition coefficient (Wildman–Crippen LogP) is 0.780. The van der Waals surface area contributed by atoms with E-state index in [4.69, 9.17) is 10.5 Å². The number of ether oxygens (including phenoxy) is 1. The van der Waals surface area contributed by atoms with Gasteiger partial charge in [0, 0.05) is 32.2 Å². The number of nitrogens with one attached hydrogen (secondary N) is 1. The van der Waals surface area contributed by atoms with E-state index in [-0.39, 0.29) is 0 Å². The Kier molecular flexibility index (Phi) is 2.68. The van der Waals surface area contributed by atoms with Gasteiger partial charge in [-0.2, -0.15) is 0 Å². The molecule has 17 heavy (non-hydrogen) atoms. The molecule has 1 atom stereocenters. The van der Waals surface area contributed by atoms with Crippen LogP contribution < -0.4 is 15.8 Å². The zero-order chi connectivity index (χ0) is 11.8. The minimum Gasteiger partial charge on any atom is -0.495 e. The summed E-state index contributed by atoms with van der Waals surface area (Å²) >= 11 is 0. The molecule has 1 aromatic carbocycles. The molecule has 1 unspecified atom stereocenters. The van der Waals surface area contributed by atoms with Crippen LogP contribution in [0.4, 0.5) is 5.69 Å². The number of fused-ring (bicyclic) bond motifs is 3. The molecule has 4 heteroatoms. The van der Waals surface area contributed by atoms with Crippen molar-refractivity contribution in [1.82, 2.24) is 10.2 Å². The molecule has 4 nitrogen and oxygen atoms in total. The Hall–Kier alpha value is -1.26. The Balaban J connectivity index is 2.01. The molecule has 1 fully saturated rings. The highest BCUT2D eigenvalue weighted by atomic mass is 16.5. The van der Waals surface area contributed by atoms with Crippen LogP contribution in [0.5, 0.6) is 5.75 Å². The minimum atomic E-state index is 0.487. The standard InChI is InChI=1S/C13H19N3O/c1-17-13-6-9-2-4-16-5-3-15-8-12(16)10(9)7-11(13)14/h6-7,12,15H,2-5,8,14H2,1H3. The summed E-state index contributed by atoms with van der Waals surface area (Å²) in [6.45, 7) is 4.40. The van der Waals surface area contributed by atoms with Gasteiger partial charge in [-0.25, -0.2) is 0 Å². The van der Waals surface area contributed by atoms with E-state index in [0.717, 1.165) is 44.0 Å². The molecule has 2 aliphatic rings. The maximum atomic E-state index is 6.01. The fourth-order valence-corrected chi connectivity index (χ4v) is 2.94. The number of rotatable bonds is 1. The number of piperazine rings is 1. The first-order valence-electron chi connectivity index (χ1n) is 6.20. The number of hydrogen-bond donors (Lipinski definition) is 2. The number of nitrogens with zero attached hydrogens (tertiary/aromatic N) is 1. The lowest BCUT2D eigenvalue weighted by molar-refractivity contribution is 0.151. The van der Waals surface area contributed by atoms with Crippen LogP contribution in [0.1, 0.15) is 17.2 Å². The summed E-state index contributed by atoms with van der Waals surface area (Å²) in [6.07, 6.45) is 1.10. The van der Waals surface area contributed by atoms with Gasteiger partial charge in [0.2, 0.25) is 0 Å². The number of anilines is 1. The van der Waals surface area contributed by atoms with Crippen LogP contribution in [-0.4, -0.2) is 38.2 Å². The highest BCUT2D eigenvalue weighted by molar-refractivity contribution is 5.58. The highest BCUT2D eigenvalue weighted by Gasteiger charge is 2.29. The Morgan fingerprint density at radius 3 is 3.12 bits per heavy atom. The Morgan fingerprint density at radius 2 is 2.29 bits per heavy atom. The Bertz CT molecular complexity index is 433. The van der Waals surface area contributed by atoms with E-state index in [1.807, 2.05) is 0 Å². The topological polar surface area (TPSA) is 50.5 Å². The van der Waals surface area contributed by atoms with Crippen molar-refractivity contribution in [2.24, 2.45) is 0 Å². The van der Waals surface area contributed by atoms with Crippen molar-refractivity contribution < 1.29 is 4.74 Å². The van der Waals surface area contributed by atoms with Crippen LogP contribution in [0.25, 0.3) is 0 Å². The molecule has 0 saturated carbocycles. The van der Waals surface area contributed by atoms with Gasteiger partial charge in [0.05, 0.1) is 12.8 Å². The summed E-state index contributed by atoms with van der Waals surface area (Å²) in [6, 6.07) is 4.69. The van der Waals surface area contributed by atoms with Gasteiger partial charge in [-0.15, -0.1) is 0 Å². The van der Waals surface area contributed by atoms with Crippen LogP contribution in [0.2, 0.25) is 0 Å². The predicted molar refractivity (Wildman–Crippen MR) is 68.3 cm³/mol. The number of methoxy groups -OCH3 is 1. The quantitative estimate of drug-likeness (QED) is 0.704. The molecule has 0 radical (unpaired) electrons. The molecule has 0 bridgehead atoms. The van der Waals surface area contributed by atoms with E-state index >= 15 is 0 Å². The largest absolute Gasteiger partial charge is 0.495 e. The zero-order valence-electron chi connectivity index (χ0n) is 10.2. The average Bonchev–Trinajstić information content (AvgIpc) is 2.38. The fourth-order valence-electron chi connectivity index (χ4n) is 2.94. The van der Waals surface area contributed by atoms with Crippen molar-refractivity contribution in [3.8, 4) is 5.75 Å². The van der Waals surface area contributed by atoms with Crippen LogP contribution in [0.3, 0.4) is 0 Å². The molecule has 2 heterocycles. The van der Waals surface area contributed by atoms with E-state index in [1.54, 1.807) is 7.11 Å². The lowest BCUT2D eigenvalue weighted by Crippen LogP contribution is -2.48. The first-order valence-corrected chi connectivity index (χ1v) is 6.20. The van der Waals surface area contributed by atoms with E-state index in [0.29, 0.717) is 6.04 Å². The monoisotopic (exact) mass is 233 g/mol. The molecule has 0 spiro atoms. The summed E-state index contributed by atoms with van der Waals surface area (Å²) in [5.41, 5.74) is 9.53. The van der Waals surface area contributed by atoms with Gasteiger partial charge < -0.3 is 15.8 Å². The average molecular weight is 233 g/mol. The number of nitrogens with two attached hydrogens (primary N) is 1. The van der Waals surface area contributed by atoms with Crippen molar-refractivity contribution in [2.75, 3.05) is 39.0 Å². The lowest BCUT2D eigenvalue weighted by atomic mass is 9.90. The highest BCUT2D eigenvalue weighted by Crippen LogP contribution is 2.35. The van der Waals surface area contributed by atoms with E-state index in [2.05, 4.69) is 22.3 Å². The normalized spacial score (nSPS) is 23.9. The van der Waals surface area contributed by atoms with Gasteiger partial charge in [0.15, 0.2) is 0 Å². The van der Waals surface area contributed by atoms with E-state index in [1.165, 1.54) is 11.1 Å². The Morgan fingerprint density at radius 1 is 1.41 bits per heavy atom. The number of hydrogen-bond acceptors (Lipinski definition) is 4. The lowest BCUT2D eigenvalue weighted by Gasteiger charge is -2.41. The first kappa shape index (κ1) is 10.9. The summed E-state index contributed by atoms with van der Waals surface area (Å²) in [7, 11) is 1.68. The molecule has 0 amide bonds. The summed E-state index contributed by atoms with van der Waals surface area (Å²) in [4.78, 5) is 2.55. The molecule has 1 aromatic rings. The maximum absolute atomic E-state index is 6.01. The second-order valence-electron chi connectivity index (χ2n) is 4.80. The second kappa shape index (κ2) is 4.20. The molecule has 3 rings (SSSR count). The van der Waals surface area contributed by atoms with Crippen molar-refractivity contribution in [1.29, 1.82) is 0 Å². The van der Waals surface area contributed by atoms with Crippen LogP contribution in [0.15, 0.2) is 12.1 Å².